The lowest BCUT2D eigenvalue weighted by Gasteiger charge is -2.12. The second-order valence-corrected chi connectivity index (χ2v) is 6.04. The minimum atomic E-state index is -0.195. The predicted octanol–water partition coefficient (Wildman–Crippen LogP) is 2.42. The molecule has 0 spiro atoms. The SMILES string of the molecule is CNCCCC(=O)Nc1ccc(Cl)cc1C(=O)NCC1CC1. The van der Waals surface area contributed by atoms with Gasteiger partial charge in [-0.15, -0.1) is 0 Å². The smallest absolute Gasteiger partial charge is 0.253 e. The van der Waals surface area contributed by atoms with Gasteiger partial charge in [-0.25, -0.2) is 0 Å². The van der Waals surface area contributed by atoms with Crippen LogP contribution in [-0.4, -0.2) is 32.0 Å². The van der Waals surface area contributed by atoms with Crippen LogP contribution in [0.1, 0.15) is 36.0 Å². The van der Waals surface area contributed by atoms with Gasteiger partial charge in [0.15, 0.2) is 0 Å². The molecule has 6 heteroatoms. The maximum atomic E-state index is 12.3. The van der Waals surface area contributed by atoms with Gasteiger partial charge in [-0.1, -0.05) is 11.6 Å². The van der Waals surface area contributed by atoms with Crippen molar-refractivity contribution in [3.8, 4) is 0 Å². The van der Waals surface area contributed by atoms with Gasteiger partial charge in [0.2, 0.25) is 5.91 Å². The van der Waals surface area contributed by atoms with Crippen LogP contribution in [0.5, 0.6) is 0 Å². The summed E-state index contributed by atoms with van der Waals surface area (Å²) in [5.74, 6) is 0.302. The summed E-state index contributed by atoms with van der Waals surface area (Å²) in [7, 11) is 1.85. The minimum Gasteiger partial charge on any atom is -0.352 e. The van der Waals surface area contributed by atoms with E-state index in [1.165, 1.54) is 12.8 Å². The van der Waals surface area contributed by atoms with Crippen LogP contribution in [-0.2, 0) is 4.79 Å². The van der Waals surface area contributed by atoms with Gasteiger partial charge in [0.05, 0.1) is 11.3 Å². The summed E-state index contributed by atoms with van der Waals surface area (Å²) in [6, 6.07) is 4.93. The molecule has 0 saturated heterocycles. The number of anilines is 1. The van der Waals surface area contributed by atoms with Crippen LogP contribution < -0.4 is 16.0 Å². The number of hydrogen-bond acceptors (Lipinski definition) is 3. The third-order valence-corrected chi connectivity index (χ3v) is 3.81. The van der Waals surface area contributed by atoms with Crippen LogP contribution in [0.3, 0.4) is 0 Å². The normalized spacial score (nSPS) is 13.7. The number of hydrogen-bond donors (Lipinski definition) is 3. The molecule has 1 aliphatic carbocycles. The van der Waals surface area contributed by atoms with Crippen LogP contribution in [0.2, 0.25) is 5.02 Å². The monoisotopic (exact) mass is 323 g/mol. The Morgan fingerprint density at radius 3 is 2.77 bits per heavy atom. The summed E-state index contributed by atoms with van der Waals surface area (Å²) < 4.78 is 0. The Kier molecular flexibility index (Phi) is 6.21. The Bertz CT molecular complexity index is 544. The summed E-state index contributed by atoms with van der Waals surface area (Å²) in [6.07, 6.45) is 3.50. The predicted molar refractivity (Wildman–Crippen MR) is 88.3 cm³/mol. The van der Waals surface area contributed by atoms with Crippen molar-refractivity contribution in [1.82, 2.24) is 10.6 Å². The molecule has 0 bridgehead atoms. The molecular formula is C16H22ClN3O2. The molecule has 0 aromatic heterocycles. The molecule has 1 aromatic carbocycles. The highest BCUT2D eigenvalue weighted by atomic mass is 35.5. The molecule has 22 heavy (non-hydrogen) atoms. The van der Waals surface area contributed by atoms with Crippen molar-refractivity contribution in [1.29, 1.82) is 0 Å². The molecular weight excluding hydrogens is 302 g/mol. The Balaban J connectivity index is 1.99. The van der Waals surface area contributed by atoms with E-state index in [1.54, 1.807) is 18.2 Å². The second kappa shape index (κ2) is 8.15. The molecule has 3 N–H and O–H groups in total. The number of carbonyl (C=O) groups is 2. The highest BCUT2D eigenvalue weighted by Gasteiger charge is 2.22. The Morgan fingerprint density at radius 1 is 1.32 bits per heavy atom. The molecule has 0 heterocycles. The van der Waals surface area contributed by atoms with E-state index < -0.39 is 0 Å². The van der Waals surface area contributed by atoms with Gasteiger partial charge in [0.1, 0.15) is 0 Å². The van der Waals surface area contributed by atoms with E-state index in [0.29, 0.717) is 35.2 Å². The number of carbonyl (C=O) groups excluding carboxylic acids is 2. The van der Waals surface area contributed by atoms with Crippen molar-refractivity contribution in [3.05, 3.63) is 28.8 Å². The van der Waals surface area contributed by atoms with E-state index in [4.69, 9.17) is 11.6 Å². The van der Waals surface area contributed by atoms with Gasteiger partial charge < -0.3 is 16.0 Å². The lowest BCUT2D eigenvalue weighted by Crippen LogP contribution is -2.27. The zero-order chi connectivity index (χ0) is 15.9. The molecule has 2 amide bonds. The van der Waals surface area contributed by atoms with Crippen molar-refractivity contribution in [3.63, 3.8) is 0 Å². The van der Waals surface area contributed by atoms with E-state index in [0.717, 1.165) is 13.0 Å². The highest BCUT2D eigenvalue weighted by molar-refractivity contribution is 6.31. The molecule has 120 valence electrons. The summed E-state index contributed by atoms with van der Waals surface area (Å²) in [5.41, 5.74) is 0.919. The van der Waals surface area contributed by atoms with Crippen molar-refractivity contribution in [2.24, 2.45) is 5.92 Å². The quantitative estimate of drug-likeness (QED) is 0.643. The summed E-state index contributed by atoms with van der Waals surface area (Å²) in [4.78, 5) is 24.2. The van der Waals surface area contributed by atoms with Crippen LogP contribution in [0.15, 0.2) is 18.2 Å². The summed E-state index contributed by atoms with van der Waals surface area (Å²) in [5, 5.41) is 9.16. The standard InChI is InChI=1S/C16H22ClN3O2/c1-18-8-2-3-15(21)20-14-7-6-12(17)9-13(14)16(22)19-10-11-4-5-11/h6-7,9,11,18H,2-5,8,10H2,1H3,(H,19,22)(H,20,21). The largest absolute Gasteiger partial charge is 0.352 e. The van der Waals surface area contributed by atoms with Crippen molar-refractivity contribution >= 4 is 29.1 Å². The van der Waals surface area contributed by atoms with Crippen molar-refractivity contribution < 1.29 is 9.59 Å². The third-order valence-electron chi connectivity index (χ3n) is 3.58. The summed E-state index contributed by atoms with van der Waals surface area (Å²) >= 11 is 5.97. The fourth-order valence-corrected chi connectivity index (χ4v) is 2.28. The zero-order valence-electron chi connectivity index (χ0n) is 12.7. The molecule has 1 fully saturated rings. The van der Waals surface area contributed by atoms with Gasteiger partial charge in [-0.3, -0.25) is 9.59 Å². The average Bonchev–Trinajstić information content (AvgIpc) is 3.31. The Hall–Kier alpha value is -1.59. The lowest BCUT2D eigenvalue weighted by atomic mass is 10.1. The number of halogens is 1. The van der Waals surface area contributed by atoms with Gasteiger partial charge in [-0.2, -0.15) is 0 Å². The summed E-state index contributed by atoms with van der Waals surface area (Å²) in [6.45, 7) is 1.46. The van der Waals surface area contributed by atoms with Gasteiger partial charge in [-0.05, 0) is 57.0 Å². The Morgan fingerprint density at radius 2 is 2.09 bits per heavy atom. The lowest BCUT2D eigenvalue weighted by molar-refractivity contribution is -0.116. The van der Waals surface area contributed by atoms with Gasteiger partial charge in [0, 0.05) is 18.0 Å². The molecule has 2 rings (SSSR count). The van der Waals surface area contributed by atoms with Gasteiger partial charge >= 0.3 is 0 Å². The average molecular weight is 324 g/mol. The van der Waals surface area contributed by atoms with Crippen molar-refractivity contribution in [2.45, 2.75) is 25.7 Å². The molecule has 0 atom stereocenters. The minimum absolute atomic E-state index is 0.103. The molecule has 1 aliphatic rings. The van der Waals surface area contributed by atoms with Crippen molar-refractivity contribution in [2.75, 3.05) is 25.5 Å². The van der Waals surface area contributed by atoms with Crippen LogP contribution in [0, 0.1) is 5.92 Å². The van der Waals surface area contributed by atoms with Gasteiger partial charge in [0.25, 0.3) is 5.91 Å². The molecule has 0 unspecified atom stereocenters. The first kappa shape index (κ1) is 16.8. The first-order valence-electron chi connectivity index (χ1n) is 7.62. The maximum absolute atomic E-state index is 12.3. The fraction of sp³-hybridized carbons (Fsp3) is 0.500. The topological polar surface area (TPSA) is 70.2 Å². The molecule has 5 nitrogen and oxygen atoms in total. The highest BCUT2D eigenvalue weighted by Crippen LogP contribution is 2.28. The first-order chi connectivity index (χ1) is 10.6. The van der Waals surface area contributed by atoms with Crippen LogP contribution >= 0.6 is 11.6 Å². The van der Waals surface area contributed by atoms with E-state index >= 15 is 0 Å². The molecule has 1 aromatic rings. The maximum Gasteiger partial charge on any atom is 0.253 e. The number of rotatable bonds is 8. The Labute approximate surface area is 135 Å². The van der Waals surface area contributed by atoms with E-state index in [-0.39, 0.29) is 11.8 Å². The zero-order valence-corrected chi connectivity index (χ0v) is 13.5. The molecule has 0 aliphatic heterocycles. The number of benzene rings is 1. The second-order valence-electron chi connectivity index (χ2n) is 5.60. The molecule has 1 saturated carbocycles. The first-order valence-corrected chi connectivity index (χ1v) is 8.00. The third kappa shape index (κ3) is 5.31. The van der Waals surface area contributed by atoms with E-state index in [1.807, 2.05) is 7.05 Å². The van der Waals surface area contributed by atoms with E-state index in [2.05, 4.69) is 16.0 Å². The van der Waals surface area contributed by atoms with E-state index in [9.17, 15) is 9.59 Å². The van der Waals surface area contributed by atoms with Crippen LogP contribution in [0.4, 0.5) is 5.69 Å². The van der Waals surface area contributed by atoms with Crippen LogP contribution in [0.25, 0.3) is 0 Å². The molecule has 0 radical (unpaired) electrons. The number of nitrogens with one attached hydrogen (secondary N) is 3. The number of amides is 2. The fourth-order valence-electron chi connectivity index (χ4n) is 2.11.